The molecule has 0 aliphatic heterocycles. The maximum absolute atomic E-state index is 12.3. The van der Waals surface area contributed by atoms with Crippen LogP contribution in [-0.2, 0) is 4.79 Å². The molecule has 0 radical (unpaired) electrons. The normalized spacial score (nSPS) is 14.6. The lowest BCUT2D eigenvalue weighted by molar-refractivity contribution is -0.137. The van der Waals surface area contributed by atoms with Crippen molar-refractivity contribution < 1.29 is 14.7 Å². The molecule has 1 saturated carbocycles. The summed E-state index contributed by atoms with van der Waals surface area (Å²) < 4.78 is 0. The lowest BCUT2D eigenvalue weighted by Gasteiger charge is -2.21. The van der Waals surface area contributed by atoms with E-state index in [1.54, 1.807) is 4.90 Å². The van der Waals surface area contributed by atoms with E-state index in [1.807, 2.05) is 17.7 Å². The number of hydrogen-bond acceptors (Lipinski definition) is 3. The average Bonchev–Trinajstić information content (AvgIpc) is 3.00. The molecule has 92 valence electrons. The summed E-state index contributed by atoms with van der Waals surface area (Å²) in [6.07, 6.45) is 2.01. The number of thiophene rings is 1. The first-order valence-corrected chi connectivity index (χ1v) is 6.59. The third kappa shape index (κ3) is 2.85. The van der Waals surface area contributed by atoms with Crippen LogP contribution in [0.5, 0.6) is 0 Å². The van der Waals surface area contributed by atoms with Gasteiger partial charge < -0.3 is 10.0 Å². The van der Waals surface area contributed by atoms with E-state index in [0.29, 0.717) is 12.1 Å². The molecular formula is C12H15NO3S. The highest BCUT2D eigenvalue weighted by atomic mass is 32.1. The maximum Gasteiger partial charge on any atom is 0.305 e. The lowest BCUT2D eigenvalue weighted by atomic mass is 10.2. The predicted octanol–water partition coefficient (Wildman–Crippen LogP) is 2.14. The Bertz CT molecular complexity index is 437. The molecule has 1 N–H and O–H groups in total. The molecule has 1 aromatic heterocycles. The quantitative estimate of drug-likeness (QED) is 0.874. The second kappa shape index (κ2) is 4.87. The number of aliphatic carboxylic acids is 1. The Hall–Kier alpha value is -1.36. The Morgan fingerprint density at radius 3 is 2.65 bits per heavy atom. The molecule has 0 spiro atoms. The van der Waals surface area contributed by atoms with Gasteiger partial charge in [-0.15, -0.1) is 0 Å². The second-order valence-corrected chi connectivity index (χ2v) is 5.09. The van der Waals surface area contributed by atoms with Crippen LogP contribution in [0.4, 0.5) is 0 Å². The smallest absolute Gasteiger partial charge is 0.305 e. The number of nitrogens with zero attached hydrogens (tertiary/aromatic N) is 1. The van der Waals surface area contributed by atoms with Gasteiger partial charge in [-0.05, 0) is 30.7 Å². The van der Waals surface area contributed by atoms with Crippen LogP contribution in [0.1, 0.15) is 35.2 Å². The first-order chi connectivity index (χ1) is 8.09. The van der Waals surface area contributed by atoms with Gasteiger partial charge in [-0.2, -0.15) is 11.3 Å². The largest absolute Gasteiger partial charge is 0.481 e. The first kappa shape index (κ1) is 12.1. The number of aryl methyl sites for hydroxylation is 1. The van der Waals surface area contributed by atoms with E-state index >= 15 is 0 Å². The summed E-state index contributed by atoms with van der Waals surface area (Å²) in [6, 6.07) is 0.251. The van der Waals surface area contributed by atoms with Crippen LogP contribution in [0.25, 0.3) is 0 Å². The molecule has 5 heteroatoms. The highest BCUT2D eigenvalue weighted by Crippen LogP contribution is 2.29. The Morgan fingerprint density at radius 1 is 1.47 bits per heavy atom. The standard InChI is InChI=1S/C12H15NO3S/c1-8-6-17-7-10(8)12(16)13(9-2-3-9)5-4-11(14)15/h6-7,9H,2-5H2,1H3,(H,14,15). The zero-order chi connectivity index (χ0) is 12.4. The van der Waals surface area contributed by atoms with Crippen LogP contribution in [-0.4, -0.2) is 34.5 Å². The van der Waals surface area contributed by atoms with Crippen molar-refractivity contribution in [3.05, 3.63) is 21.9 Å². The minimum absolute atomic E-state index is 0.0193. The van der Waals surface area contributed by atoms with Crippen LogP contribution in [0, 0.1) is 6.92 Å². The van der Waals surface area contributed by atoms with Crippen molar-refractivity contribution in [2.45, 2.75) is 32.2 Å². The van der Waals surface area contributed by atoms with Gasteiger partial charge in [0.15, 0.2) is 0 Å². The highest BCUT2D eigenvalue weighted by Gasteiger charge is 2.33. The molecule has 17 heavy (non-hydrogen) atoms. The zero-order valence-electron chi connectivity index (χ0n) is 9.68. The molecule has 0 aromatic carbocycles. The summed E-state index contributed by atoms with van der Waals surface area (Å²) >= 11 is 1.50. The average molecular weight is 253 g/mol. The molecule has 0 saturated heterocycles. The Morgan fingerprint density at radius 2 is 2.18 bits per heavy atom. The van der Waals surface area contributed by atoms with Crippen molar-refractivity contribution >= 4 is 23.2 Å². The minimum atomic E-state index is -0.856. The predicted molar refractivity (Wildman–Crippen MR) is 65.4 cm³/mol. The number of hydrogen-bond donors (Lipinski definition) is 1. The molecule has 1 aromatic rings. The summed E-state index contributed by atoms with van der Waals surface area (Å²) in [6.45, 7) is 2.22. The van der Waals surface area contributed by atoms with Crippen molar-refractivity contribution in [1.82, 2.24) is 4.90 Å². The minimum Gasteiger partial charge on any atom is -0.481 e. The molecule has 1 aliphatic carbocycles. The van der Waals surface area contributed by atoms with E-state index in [-0.39, 0.29) is 18.4 Å². The summed E-state index contributed by atoms with van der Waals surface area (Å²) in [5.41, 5.74) is 1.69. The molecule has 0 unspecified atom stereocenters. The maximum atomic E-state index is 12.3. The van der Waals surface area contributed by atoms with Gasteiger partial charge in [0.25, 0.3) is 5.91 Å². The molecule has 4 nitrogen and oxygen atoms in total. The van der Waals surface area contributed by atoms with E-state index < -0.39 is 5.97 Å². The number of rotatable bonds is 5. The third-order valence-electron chi connectivity index (χ3n) is 2.90. The third-order valence-corrected chi connectivity index (χ3v) is 3.76. The van der Waals surface area contributed by atoms with Gasteiger partial charge >= 0.3 is 5.97 Å². The summed E-state index contributed by atoms with van der Waals surface area (Å²) in [5, 5.41) is 12.5. The Balaban J connectivity index is 2.08. The van der Waals surface area contributed by atoms with Gasteiger partial charge in [0.05, 0.1) is 12.0 Å². The molecular weight excluding hydrogens is 238 g/mol. The van der Waals surface area contributed by atoms with Gasteiger partial charge in [0, 0.05) is 18.0 Å². The molecule has 1 amide bonds. The van der Waals surface area contributed by atoms with Crippen LogP contribution in [0.2, 0.25) is 0 Å². The fourth-order valence-corrected chi connectivity index (χ4v) is 2.61. The van der Waals surface area contributed by atoms with Gasteiger partial charge in [-0.1, -0.05) is 0 Å². The highest BCUT2D eigenvalue weighted by molar-refractivity contribution is 7.08. The molecule has 1 heterocycles. The van der Waals surface area contributed by atoms with E-state index in [4.69, 9.17) is 5.11 Å². The second-order valence-electron chi connectivity index (χ2n) is 4.34. The lowest BCUT2D eigenvalue weighted by Crippen LogP contribution is -2.35. The number of carbonyl (C=O) groups excluding carboxylic acids is 1. The van der Waals surface area contributed by atoms with Crippen molar-refractivity contribution in [2.24, 2.45) is 0 Å². The first-order valence-electron chi connectivity index (χ1n) is 5.65. The number of amides is 1. The molecule has 1 aliphatic rings. The van der Waals surface area contributed by atoms with E-state index in [1.165, 1.54) is 11.3 Å². The van der Waals surface area contributed by atoms with E-state index in [0.717, 1.165) is 18.4 Å². The number of carboxylic acids is 1. The van der Waals surface area contributed by atoms with Gasteiger partial charge in [0.2, 0.25) is 0 Å². The topological polar surface area (TPSA) is 57.6 Å². The molecule has 2 rings (SSSR count). The van der Waals surface area contributed by atoms with Crippen molar-refractivity contribution in [2.75, 3.05) is 6.54 Å². The van der Waals surface area contributed by atoms with Crippen molar-refractivity contribution in [3.8, 4) is 0 Å². The monoisotopic (exact) mass is 253 g/mol. The van der Waals surface area contributed by atoms with Gasteiger partial charge in [-0.3, -0.25) is 9.59 Å². The molecule has 0 bridgehead atoms. The van der Waals surface area contributed by atoms with Crippen LogP contribution >= 0.6 is 11.3 Å². The number of carboxylic acid groups (broad SMARTS) is 1. The van der Waals surface area contributed by atoms with Crippen molar-refractivity contribution in [3.63, 3.8) is 0 Å². The van der Waals surface area contributed by atoms with E-state index in [9.17, 15) is 9.59 Å². The fourth-order valence-electron chi connectivity index (χ4n) is 1.79. The summed E-state index contributed by atoms with van der Waals surface area (Å²) in [5.74, 6) is -0.877. The Labute approximate surface area is 104 Å². The zero-order valence-corrected chi connectivity index (χ0v) is 10.5. The van der Waals surface area contributed by atoms with Crippen molar-refractivity contribution in [1.29, 1.82) is 0 Å². The summed E-state index contributed by atoms with van der Waals surface area (Å²) in [7, 11) is 0. The summed E-state index contributed by atoms with van der Waals surface area (Å²) in [4.78, 5) is 24.6. The van der Waals surface area contributed by atoms with Crippen LogP contribution in [0.15, 0.2) is 10.8 Å². The molecule has 1 fully saturated rings. The van der Waals surface area contributed by atoms with Gasteiger partial charge in [0.1, 0.15) is 0 Å². The SMILES string of the molecule is Cc1cscc1C(=O)N(CCC(=O)O)C1CC1. The van der Waals surface area contributed by atoms with E-state index in [2.05, 4.69) is 0 Å². The van der Waals surface area contributed by atoms with Crippen LogP contribution in [0.3, 0.4) is 0 Å². The van der Waals surface area contributed by atoms with Gasteiger partial charge in [-0.25, -0.2) is 0 Å². The molecule has 0 atom stereocenters. The fraction of sp³-hybridized carbons (Fsp3) is 0.500. The number of carbonyl (C=O) groups is 2. The van der Waals surface area contributed by atoms with Crippen LogP contribution < -0.4 is 0 Å². The Kier molecular flexibility index (Phi) is 3.47.